The number of rotatable bonds is 7. The molecule has 2 aromatic rings. The van der Waals surface area contributed by atoms with Gasteiger partial charge in [-0.3, -0.25) is 9.88 Å². The van der Waals surface area contributed by atoms with Crippen molar-refractivity contribution in [3.63, 3.8) is 0 Å². The zero-order valence-corrected chi connectivity index (χ0v) is 16.8. The zero-order valence-electron chi connectivity index (χ0n) is 16.8. The van der Waals surface area contributed by atoms with Crippen molar-refractivity contribution in [2.45, 2.75) is 38.9 Å². The van der Waals surface area contributed by atoms with Gasteiger partial charge in [0, 0.05) is 45.5 Å². The van der Waals surface area contributed by atoms with Gasteiger partial charge in [-0.05, 0) is 31.9 Å². The second-order valence-electron chi connectivity index (χ2n) is 7.07. The Morgan fingerprint density at radius 3 is 2.79 bits per heavy atom. The predicted molar refractivity (Wildman–Crippen MR) is 111 cm³/mol. The molecule has 0 amide bonds. The van der Waals surface area contributed by atoms with E-state index in [1.165, 1.54) is 0 Å². The fraction of sp³-hybridized carbons (Fsp3) is 0.500. The second-order valence-corrected chi connectivity index (χ2v) is 7.07. The summed E-state index contributed by atoms with van der Waals surface area (Å²) in [7, 11) is 1.96. The maximum absolute atomic E-state index is 4.69. The highest BCUT2D eigenvalue weighted by atomic mass is 15.3. The lowest BCUT2D eigenvalue weighted by atomic mass is 10.0. The van der Waals surface area contributed by atoms with Crippen molar-refractivity contribution in [1.82, 2.24) is 35.3 Å². The molecule has 0 unspecified atom stereocenters. The van der Waals surface area contributed by atoms with Gasteiger partial charge in [0.1, 0.15) is 12.4 Å². The van der Waals surface area contributed by atoms with Crippen molar-refractivity contribution in [3.8, 4) is 0 Å². The third kappa shape index (κ3) is 5.63. The number of piperidine rings is 1. The van der Waals surface area contributed by atoms with E-state index in [0.717, 1.165) is 55.8 Å². The first-order chi connectivity index (χ1) is 13.7. The standard InChI is InChI=1S/C20H30N8/c1-4-10-22-20(23-14-19-26-25-16(2)27(19)3)24-17-8-12-28(13-9-17)15-18-7-5-6-11-21-18/h4-7,11,17H,1,8-10,12-15H2,2-3H3,(H2,22,23,24). The number of aryl methyl sites for hydroxylation is 1. The number of aromatic nitrogens is 4. The molecule has 1 saturated heterocycles. The van der Waals surface area contributed by atoms with Crippen LogP contribution in [0.4, 0.5) is 0 Å². The third-order valence-electron chi connectivity index (χ3n) is 5.02. The van der Waals surface area contributed by atoms with Crippen LogP contribution in [0.15, 0.2) is 42.0 Å². The summed E-state index contributed by atoms with van der Waals surface area (Å²) in [5.74, 6) is 2.53. The quantitative estimate of drug-likeness (QED) is 0.428. The molecule has 1 aliphatic rings. The number of nitrogens with one attached hydrogen (secondary N) is 2. The van der Waals surface area contributed by atoms with Crippen LogP contribution in [0.3, 0.4) is 0 Å². The van der Waals surface area contributed by atoms with E-state index in [9.17, 15) is 0 Å². The smallest absolute Gasteiger partial charge is 0.192 e. The lowest BCUT2D eigenvalue weighted by Crippen LogP contribution is -2.48. The molecular formula is C20H30N8. The van der Waals surface area contributed by atoms with Crippen molar-refractivity contribution >= 4 is 5.96 Å². The average Bonchev–Trinajstić information content (AvgIpc) is 3.04. The summed E-state index contributed by atoms with van der Waals surface area (Å²) in [6.07, 6.45) is 5.84. The van der Waals surface area contributed by atoms with Crippen LogP contribution in [0.2, 0.25) is 0 Å². The minimum atomic E-state index is 0.400. The van der Waals surface area contributed by atoms with E-state index in [-0.39, 0.29) is 0 Å². The maximum atomic E-state index is 4.69. The van der Waals surface area contributed by atoms with Gasteiger partial charge in [0.25, 0.3) is 0 Å². The van der Waals surface area contributed by atoms with Crippen LogP contribution in [0.25, 0.3) is 0 Å². The number of likely N-dealkylation sites (tertiary alicyclic amines) is 1. The van der Waals surface area contributed by atoms with Gasteiger partial charge in [0.2, 0.25) is 0 Å². The highest BCUT2D eigenvalue weighted by Crippen LogP contribution is 2.13. The Labute approximate surface area is 166 Å². The number of hydrogen-bond donors (Lipinski definition) is 2. The molecule has 3 rings (SSSR count). The topological polar surface area (TPSA) is 83.3 Å². The molecule has 0 aromatic carbocycles. The van der Waals surface area contributed by atoms with Crippen LogP contribution >= 0.6 is 0 Å². The Balaban J connectivity index is 1.52. The van der Waals surface area contributed by atoms with E-state index < -0.39 is 0 Å². The van der Waals surface area contributed by atoms with Gasteiger partial charge >= 0.3 is 0 Å². The monoisotopic (exact) mass is 382 g/mol. The van der Waals surface area contributed by atoms with Crippen LogP contribution in [0, 0.1) is 6.92 Å². The molecular weight excluding hydrogens is 352 g/mol. The molecule has 3 heterocycles. The summed E-state index contributed by atoms with van der Waals surface area (Å²) in [6, 6.07) is 6.49. The van der Waals surface area contributed by atoms with Gasteiger partial charge in [-0.1, -0.05) is 12.1 Å². The molecule has 0 radical (unpaired) electrons. The molecule has 1 aliphatic heterocycles. The van der Waals surface area contributed by atoms with E-state index in [1.54, 1.807) is 0 Å². The Hall–Kier alpha value is -2.74. The Morgan fingerprint density at radius 1 is 1.32 bits per heavy atom. The summed E-state index contributed by atoms with van der Waals surface area (Å²) < 4.78 is 1.96. The largest absolute Gasteiger partial charge is 0.354 e. The SMILES string of the molecule is C=CCNC(=NCc1nnc(C)n1C)NC1CCN(Cc2ccccn2)CC1. The Morgan fingerprint density at radius 2 is 2.14 bits per heavy atom. The summed E-state index contributed by atoms with van der Waals surface area (Å²) >= 11 is 0. The fourth-order valence-corrected chi connectivity index (χ4v) is 3.21. The van der Waals surface area contributed by atoms with Crippen LogP contribution in [-0.4, -0.2) is 56.3 Å². The molecule has 2 aromatic heterocycles. The normalized spacial score (nSPS) is 16.1. The number of guanidine groups is 1. The van der Waals surface area contributed by atoms with Crippen molar-refractivity contribution in [2.75, 3.05) is 19.6 Å². The molecule has 0 bridgehead atoms. The number of pyridine rings is 1. The molecule has 0 saturated carbocycles. The van der Waals surface area contributed by atoms with Crippen molar-refractivity contribution in [3.05, 3.63) is 54.4 Å². The highest BCUT2D eigenvalue weighted by Gasteiger charge is 2.20. The van der Waals surface area contributed by atoms with Crippen LogP contribution in [0.5, 0.6) is 0 Å². The van der Waals surface area contributed by atoms with E-state index in [0.29, 0.717) is 19.1 Å². The van der Waals surface area contributed by atoms with E-state index in [1.807, 2.05) is 42.9 Å². The molecule has 2 N–H and O–H groups in total. The van der Waals surface area contributed by atoms with Gasteiger partial charge < -0.3 is 15.2 Å². The molecule has 0 spiro atoms. The highest BCUT2D eigenvalue weighted by molar-refractivity contribution is 5.80. The van der Waals surface area contributed by atoms with Crippen LogP contribution < -0.4 is 10.6 Å². The van der Waals surface area contributed by atoms with Gasteiger partial charge in [0.15, 0.2) is 11.8 Å². The molecule has 0 aliphatic carbocycles. The summed E-state index contributed by atoms with van der Waals surface area (Å²) in [5, 5.41) is 15.1. The Kier molecular flexibility index (Phi) is 7.13. The van der Waals surface area contributed by atoms with E-state index >= 15 is 0 Å². The van der Waals surface area contributed by atoms with Gasteiger partial charge in [-0.15, -0.1) is 16.8 Å². The molecule has 8 heteroatoms. The first kappa shape index (κ1) is 20.0. The van der Waals surface area contributed by atoms with E-state index in [4.69, 9.17) is 0 Å². The summed E-state index contributed by atoms with van der Waals surface area (Å²) in [4.78, 5) is 11.6. The van der Waals surface area contributed by atoms with Crippen molar-refractivity contribution < 1.29 is 0 Å². The lowest BCUT2D eigenvalue weighted by Gasteiger charge is -2.32. The van der Waals surface area contributed by atoms with Crippen molar-refractivity contribution in [2.24, 2.45) is 12.0 Å². The van der Waals surface area contributed by atoms with Crippen molar-refractivity contribution in [1.29, 1.82) is 0 Å². The second kappa shape index (κ2) is 9.98. The average molecular weight is 383 g/mol. The summed E-state index contributed by atoms with van der Waals surface area (Å²) in [5.41, 5.74) is 1.13. The lowest BCUT2D eigenvalue weighted by molar-refractivity contribution is 0.196. The maximum Gasteiger partial charge on any atom is 0.192 e. The molecule has 150 valence electrons. The van der Waals surface area contributed by atoms with Gasteiger partial charge in [0.05, 0.1) is 5.69 Å². The van der Waals surface area contributed by atoms with Gasteiger partial charge in [-0.2, -0.15) is 0 Å². The predicted octanol–water partition coefficient (Wildman–Crippen LogP) is 1.40. The molecule has 8 nitrogen and oxygen atoms in total. The third-order valence-corrected chi connectivity index (χ3v) is 5.02. The summed E-state index contributed by atoms with van der Waals surface area (Å²) in [6.45, 7) is 9.88. The zero-order chi connectivity index (χ0) is 19.8. The first-order valence-electron chi connectivity index (χ1n) is 9.78. The fourth-order valence-electron chi connectivity index (χ4n) is 3.21. The minimum absolute atomic E-state index is 0.400. The van der Waals surface area contributed by atoms with E-state index in [2.05, 4.69) is 48.4 Å². The first-order valence-corrected chi connectivity index (χ1v) is 9.78. The number of aliphatic imine (C=N–C) groups is 1. The Bertz CT molecular complexity index is 775. The molecule has 1 fully saturated rings. The van der Waals surface area contributed by atoms with Crippen LogP contribution in [0.1, 0.15) is 30.2 Å². The molecule has 28 heavy (non-hydrogen) atoms. The minimum Gasteiger partial charge on any atom is -0.354 e. The number of nitrogens with zero attached hydrogens (tertiary/aromatic N) is 6. The van der Waals surface area contributed by atoms with Crippen LogP contribution in [-0.2, 0) is 20.1 Å². The molecule has 0 atom stereocenters. The van der Waals surface area contributed by atoms with Gasteiger partial charge in [-0.25, -0.2) is 4.99 Å². The number of hydrogen-bond acceptors (Lipinski definition) is 5.